The number of piperidine rings is 1. The molecule has 1 atom stereocenters. The van der Waals surface area contributed by atoms with E-state index in [1.54, 1.807) is 0 Å². The van der Waals surface area contributed by atoms with Crippen molar-refractivity contribution in [2.75, 3.05) is 38.3 Å². The van der Waals surface area contributed by atoms with E-state index in [1.165, 1.54) is 10.6 Å². The minimum Gasteiger partial charge on any atom is -0.378 e. The molecule has 8 heteroatoms. The van der Waals surface area contributed by atoms with E-state index >= 15 is 0 Å². The van der Waals surface area contributed by atoms with Gasteiger partial charge in [0.15, 0.2) is 0 Å². The van der Waals surface area contributed by atoms with Gasteiger partial charge in [-0.2, -0.15) is 0 Å². The van der Waals surface area contributed by atoms with Crippen molar-refractivity contribution in [1.82, 2.24) is 14.9 Å². The highest BCUT2D eigenvalue weighted by molar-refractivity contribution is 7.88. The molecule has 1 saturated heterocycles. The van der Waals surface area contributed by atoms with Crippen molar-refractivity contribution in [2.24, 2.45) is 0 Å². The second kappa shape index (κ2) is 7.85. The second-order valence-electron chi connectivity index (χ2n) is 6.35. The minimum atomic E-state index is -3.20. The molecule has 0 saturated carbocycles. The van der Waals surface area contributed by atoms with E-state index in [9.17, 15) is 13.2 Å². The molecule has 1 fully saturated rings. The number of urea groups is 1. The van der Waals surface area contributed by atoms with Gasteiger partial charge in [0, 0.05) is 45.5 Å². The first-order valence-corrected chi connectivity index (χ1v) is 9.86. The molecule has 1 aromatic rings. The number of benzene rings is 1. The van der Waals surface area contributed by atoms with E-state index in [-0.39, 0.29) is 12.1 Å². The summed E-state index contributed by atoms with van der Waals surface area (Å²) in [5, 5.41) is 5.67. The number of carbonyl (C=O) groups is 1. The molecule has 1 aromatic carbocycles. The van der Waals surface area contributed by atoms with Crippen molar-refractivity contribution in [2.45, 2.75) is 25.4 Å². The lowest BCUT2D eigenvalue weighted by Crippen LogP contribution is -2.51. The van der Waals surface area contributed by atoms with Crippen molar-refractivity contribution in [3.63, 3.8) is 0 Å². The first-order chi connectivity index (χ1) is 11.3. The average Bonchev–Trinajstić information content (AvgIpc) is 2.53. The highest BCUT2D eigenvalue weighted by Crippen LogP contribution is 2.13. The molecule has 2 N–H and O–H groups in total. The highest BCUT2D eigenvalue weighted by atomic mass is 32.2. The molecule has 24 heavy (non-hydrogen) atoms. The van der Waals surface area contributed by atoms with E-state index < -0.39 is 10.0 Å². The molecule has 0 unspecified atom stereocenters. The number of hydrogen-bond acceptors (Lipinski definition) is 4. The molecule has 0 aliphatic carbocycles. The maximum Gasteiger partial charge on any atom is 0.315 e. The summed E-state index contributed by atoms with van der Waals surface area (Å²) in [5.41, 5.74) is 2.11. The summed E-state index contributed by atoms with van der Waals surface area (Å²) in [7, 11) is 0.750. The van der Waals surface area contributed by atoms with Gasteiger partial charge in [-0.1, -0.05) is 12.1 Å². The average molecular weight is 354 g/mol. The SMILES string of the molecule is CN(C)c1ccc(CNC(=O)N[C@@H]2CCCN(S(C)(=O)=O)C2)cc1. The first kappa shape index (κ1) is 18.5. The third-order valence-corrected chi connectivity index (χ3v) is 5.36. The van der Waals surface area contributed by atoms with Crippen LogP contribution in [0.5, 0.6) is 0 Å². The van der Waals surface area contributed by atoms with Gasteiger partial charge in [0.05, 0.1) is 6.26 Å². The Morgan fingerprint density at radius 2 is 1.96 bits per heavy atom. The Hall–Kier alpha value is -1.80. The van der Waals surface area contributed by atoms with Crippen molar-refractivity contribution in [3.05, 3.63) is 29.8 Å². The lowest BCUT2D eigenvalue weighted by Gasteiger charge is -2.31. The van der Waals surface area contributed by atoms with Crippen LogP contribution in [0, 0.1) is 0 Å². The highest BCUT2D eigenvalue weighted by Gasteiger charge is 2.26. The Labute approximate surface area is 144 Å². The molecule has 0 spiro atoms. The Balaban J connectivity index is 1.80. The van der Waals surface area contributed by atoms with Gasteiger partial charge >= 0.3 is 6.03 Å². The fourth-order valence-electron chi connectivity index (χ4n) is 2.69. The summed E-state index contributed by atoms with van der Waals surface area (Å²) in [5.74, 6) is 0. The number of amides is 2. The van der Waals surface area contributed by atoms with Crippen LogP contribution in [0.25, 0.3) is 0 Å². The molecule has 1 aliphatic heterocycles. The Morgan fingerprint density at radius 1 is 1.29 bits per heavy atom. The number of sulfonamides is 1. The van der Waals surface area contributed by atoms with Crippen LogP contribution < -0.4 is 15.5 Å². The normalized spacial score (nSPS) is 18.9. The van der Waals surface area contributed by atoms with E-state index in [4.69, 9.17) is 0 Å². The Bertz CT molecular complexity index is 658. The molecular formula is C16H26N4O3S. The number of nitrogens with zero attached hydrogens (tertiary/aromatic N) is 2. The molecule has 7 nitrogen and oxygen atoms in total. The molecule has 2 rings (SSSR count). The zero-order valence-corrected chi connectivity index (χ0v) is 15.3. The topological polar surface area (TPSA) is 81.8 Å². The van der Waals surface area contributed by atoms with Crippen LogP contribution in [-0.2, 0) is 16.6 Å². The number of nitrogens with one attached hydrogen (secondary N) is 2. The molecule has 1 aliphatic rings. The van der Waals surface area contributed by atoms with Gasteiger partial charge in [-0.15, -0.1) is 0 Å². The summed E-state index contributed by atoms with van der Waals surface area (Å²) >= 11 is 0. The van der Waals surface area contributed by atoms with Crippen molar-refractivity contribution in [1.29, 1.82) is 0 Å². The molecule has 0 bridgehead atoms. The van der Waals surface area contributed by atoms with Crippen molar-refractivity contribution >= 4 is 21.7 Å². The molecule has 1 heterocycles. The van der Waals surface area contributed by atoms with E-state index in [1.807, 2.05) is 43.3 Å². The standard InChI is InChI=1S/C16H26N4O3S/c1-19(2)15-8-6-13(7-9-15)11-17-16(21)18-14-5-4-10-20(12-14)24(3,22)23/h6-9,14H,4-5,10-12H2,1-3H3,(H2,17,18,21)/t14-/m1/s1. The smallest absolute Gasteiger partial charge is 0.315 e. The fraction of sp³-hybridized carbons (Fsp3) is 0.562. The van der Waals surface area contributed by atoms with Crippen LogP contribution in [0.15, 0.2) is 24.3 Å². The van der Waals surface area contributed by atoms with Gasteiger partial charge in [-0.25, -0.2) is 17.5 Å². The van der Waals surface area contributed by atoms with Gasteiger partial charge in [-0.3, -0.25) is 0 Å². The number of anilines is 1. The van der Waals surface area contributed by atoms with E-state index in [0.29, 0.717) is 19.6 Å². The Kier molecular flexibility index (Phi) is 6.06. The summed E-state index contributed by atoms with van der Waals surface area (Å²) in [6.45, 7) is 1.29. The molecule has 2 amide bonds. The van der Waals surface area contributed by atoms with Gasteiger partial charge in [-0.05, 0) is 30.5 Å². The zero-order valence-electron chi connectivity index (χ0n) is 14.4. The third-order valence-electron chi connectivity index (χ3n) is 4.09. The zero-order chi connectivity index (χ0) is 17.7. The first-order valence-electron chi connectivity index (χ1n) is 8.01. The van der Waals surface area contributed by atoms with E-state index in [0.717, 1.165) is 24.1 Å². The van der Waals surface area contributed by atoms with Crippen LogP contribution in [0.4, 0.5) is 10.5 Å². The van der Waals surface area contributed by atoms with Crippen LogP contribution in [0.1, 0.15) is 18.4 Å². The summed E-state index contributed by atoms with van der Waals surface area (Å²) < 4.78 is 24.6. The summed E-state index contributed by atoms with van der Waals surface area (Å²) in [4.78, 5) is 14.0. The van der Waals surface area contributed by atoms with Crippen molar-refractivity contribution < 1.29 is 13.2 Å². The molecule has 0 radical (unpaired) electrons. The van der Waals surface area contributed by atoms with E-state index in [2.05, 4.69) is 10.6 Å². The Morgan fingerprint density at radius 3 is 2.54 bits per heavy atom. The van der Waals surface area contributed by atoms with Crippen LogP contribution in [0.3, 0.4) is 0 Å². The maximum absolute atomic E-state index is 12.0. The molecular weight excluding hydrogens is 328 g/mol. The predicted molar refractivity (Wildman–Crippen MR) is 95.6 cm³/mol. The van der Waals surface area contributed by atoms with Crippen LogP contribution >= 0.6 is 0 Å². The van der Waals surface area contributed by atoms with Gasteiger partial charge in [0.25, 0.3) is 0 Å². The lowest BCUT2D eigenvalue weighted by atomic mass is 10.1. The van der Waals surface area contributed by atoms with Crippen LogP contribution in [-0.4, -0.2) is 58.2 Å². The summed E-state index contributed by atoms with van der Waals surface area (Å²) in [6, 6.07) is 7.53. The number of hydrogen-bond donors (Lipinski definition) is 2. The predicted octanol–water partition coefficient (Wildman–Crippen LogP) is 0.976. The minimum absolute atomic E-state index is 0.149. The van der Waals surface area contributed by atoms with Gasteiger partial charge in [0.2, 0.25) is 10.0 Å². The number of rotatable bonds is 5. The monoisotopic (exact) mass is 354 g/mol. The van der Waals surface area contributed by atoms with Crippen molar-refractivity contribution in [3.8, 4) is 0 Å². The number of carbonyl (C=O) groups excluding carboxylic acids is 1. The largest absolute Gasteiger partial charge is 0.378 e. The second-order valence-corrected chi connectivity index (χ2v) is 8.33. The maximum atomic E-state index is 12.0. The molecule has 0 aromatic heterocycles. The van der Waals surface area contributed by atoms with Crippen LogP contribution in [0.2, 0.25) is 0 Å². The third kappa shape index (κ3) is 5.38. The fourth-order valence-corrected chi connectivity index (χ4v) is 3.60. The van der Waals surface area contributed by atoms with Gasteiger partial charge in [0.1, 0.15) is 0 Å². The summed E-state index contributed by atoms with van der Waals surface area (Å²) in [6.07, 6.45) is 2.74. The quantitative estimate of drug-likeness (QED) is 0.826. The van der Waals surface area contributed by atoms with Gasteiger partial charge < -0.3 is 15.5 Å². The molecule has 134 valence electrons. The lowest BCUT2D eigenvalue weighted by molar-refractivity contribution is 0.225.